The molecule has 136 valence electrons. The van der Waals surface area contributed by atoms with Gasteiger partial charge in [-0.15, -0.1) is 0 Å². The molecule has 1 aliphatic rings. The summed E-state index contributed by atoms with van der Waals surface area (Å²) >= 11 is 0. The molecule has 2 heterocycles. The number of aromatic nitrogens is 2. The van der Waals surface area contributed by atoms with Crippen LogP contribution in [-0.2, 0) is 11.3 Å². The van der Waals surface area contributed by atoms with E-state index in [1.165, 1.54) is 5.52 Å². The van der Waals surface area contributed by atoms with Crippen LogP contribution in [0, 0.1) is 5.92 Å². The minimum absolute atomic E-state index is 0.121. The first kappa shape index (κ1) is 17.9. The molecule has 0 radical (unpaired) electrons. The van der Waals surface area contributed by atoms with Crippen LogP contribution < -0.4 is 0 Å². The second kappa shape index (κ2) is 7.56. The van der Waals surface area contributed by atoms with E-state index >= 15 is 0 Å². The summed E-state index contributed by atoms with van der Waals surface area (Å²) in [6.07, 6.45) is 2.08. The Morgan fingerprint density at radius 1 is 1.36 bits per heavy atom. The van der Waals surface area contributed by atoms with Crippen LogP contribution in [0.4, 0.5) is 0 Å². The predicted octanol–water partition coefficient (Wildman–Crippen LogP) is 3.31. The quantitative estimate of drug-likeness (QED) is 0.837. The third-order valence-corrected chi connectivity index (χ3v) is 5.26. The Morgan fingerprint density at radius 3 is 2.84 bits per heavy atom. The Morgan fingerprint density at radius 2 is 2.12 bits per heavy atom. The molecule has 2 aromatic rings. The molecule has 0 unspecified atom stereocenters. The third-order valence-electron chi connectivity index (χ3n) is 5.26. The van der Waals surface area contributed by atoms with Gasteiger partial charge in [-0.25, -0.2) is 4.98 Å². The van der Waals surface area contributed by atoms with Crippen molar-refractivity contribution in [3.63, 3.8) is 0 Å². The maximum absolute atomic E-state index is 12.5. The van der Waals surface area contributed by atoms with Crippen LogP contribution in [-0.4, -0.2) is 51.9 Å². The number of carbonyl (C=O) groups excluding carboxylic acids is 1. The standard InChI is InChI=1S/C20H30N4O/c1-5-22(4)20(25)16-9-8-12-23(13-16)14-19-21-17-10-6-7-11-18(17)24(19)15(2)3/h6-7,10-11,15-16H,5,8-9,12-14H2,1-4H3/t16-/m0/s1. The molecule has 5 heteroatoms. The Hall–Kier alpha value is -1.88. The number of piperidine rings is 1. The second-order valence-electron chi connectivity index (χ2n) is 7.41. The van der Waals surface area contributed by atoms with Crippen molar-refractivity contribution in [3.05, 3.63) is 30.1 Å². The Bertz CT molecular complexity index is 736. The maximum Gasteiger partial charge on any atom is 0.226 e. The smallest absolute Gasteiger partial charge is 0.226 e. The van der Waals surface area contributed by atoms with E-state index in [9.17, 15) is 4.79 Å². The Labute approximate surface area is 150 Å². The summed E-state index contributed by atoms with van der Waals surface area (Å²) in [5, 5.41) is 0. The van der Waals surface area contributed by atoms with Crippen molar-refractivity contribution in [2.45, 2.75) is 46.2 Å². The Balaban J connectivity index is 1.79. The molecule has 1 amide bonds. The molecule has 0 N–H and O–H groups in total. The number of rotatable bonds is 5. The molecule has 0 aliphatic carbocycles. The van der Waals surface area contributed by atoms with Crippen molar-refractivity contribution in [1.82, 2.24) is 19.4 Å². The molecule has 1 fully saturated rings. The number of para-hydroxylation sites is 2. The summed E-state index contributed by atoms with van der Waals surface area (Å²) in [5.41, 5.74) is 2.25. The van der Waals surface area contributed by atoms with Gasteiger partial charge in [-0.2, -0.15) is 0 Å². The van der Waals surface area contributed by atoms with Crippen molar-refractivity contribution in [2.75, 3.05) is 26.7 Å². The van der Waals surface area contributed by atoms with Crippen LogP contribution in [0.2, 0.25) is 0 Å². The fraction of sp³-hybridized carbons (Fsp3) is 0.600. The highest BCUT2D eigenvalue weighted by atomic mass is 16.2. The molecule has 1 atom stereocenters. The topological polar surface area (TPSA) is 41.4 Å². The number of amides is 1. The van der Waals surface area contributed by atoms with E-state index in [1.54, 1.807) is 0 Å². The summed E-state index contributed by atoms with van der Waals surface area (Å²) < 4.78 is 2.33. The molecule has 1 aromatic heterocycles. The van der Waals surface area contributed by atoms with E-state index in [1.807, 2.05) is 24.9 Å². The number of imidazole rings is 1. The van der Waals surface area contributed by atoms with Crippen LogP contribution in [0.1, 0.15) is 45.5 Å². The zero-order chi connectivity index (χ0) is 18.0. The van der Waals surface area contributed by atoms with Gasteiger partial charge in [0.25, 0.3) is 0 Å². The van der Waals surface area contributed by atoms with Gasteiger partial charge in [0.05, 0.1) is 23.5 Å². The van der Waals surface area contributed by atoms with Crippen LogP contribution in [0.5, 0.6) is 0 Å². The molecule has 0 saturated carbocycles. The fourth-order valence-electron chi connectivity index (χ4n) is 3.85. The lowest BCUT2D eigenvalue weighted by atomic mass is 9.96. The highest BCUT2D eigenvalue weighted by Gasteiger charge is 2.28. The first-order valence-electron chi connectivity index (χ1n) is 9.44. The van der Waals surface area contributed by atoms with Gasteiger partial charge in [-0.05, 0) is 52.3 Å². The molecule has 1 aliphatic heterocycles. The minimum Gasteiger partial charge on any atom is -0.346 e. The monoisotopic (exact) mass is 342 g/mol. The molecule has 25 heavy (non-hydrogen) atoms. The molecular formula is C20H30N4O. The van der Waals surface area contributed by atoms with Gasteiger partial charge in [-0.1, -0.05) is 12.1 Å². The van der Waals surface area contributed by atoms with Crippen LogP contribution in [0.15, 0.2) is 24.3 Å². The normalized spacial score (nSPS) is 18.8. The molecule has 0 spiro atoms. The first-order chi connectivity index (χ1) is 12.0. The lowest BCUT2D eigenvalue weighted by Gasteiger charge is -2.33. The lowest BCUT2D eigenvalue weighted by molar-refractivity contribution is -0.135. The van der Waals surface area contributed by atoms with Gasteiger partial charge in [0.1, 0.15) is 5.82 Å². The van der Waals surface area contributed by atoms with Gasteiger partial charge in [0, 0.05) is 26.2 Å². The SMILES string of the molecule is CCN(C)C(=O)[C@H]1CCCN(Cc2nc3ccccc3n2C(C)C)C1. The van der Waals surface area contributed by atoms with Crippen LogP contribution >= 0.6 is 0 Å². The zero-order valence-corrected chi connectivity index (χ0v) is 15.9. The molecule has 1 aromatic carbocycles. The third kappa shape index (κ3) is 3.71. The van der Waals surface area contributed by atoms with E-state index < -0.39 is 0 Å². The molecular weight excluding hydrogens is 312 g/mol. The maximum atomic E-state index is 12.5. The number of likely N-dealkylation sites (tertiary alicyclic amines) is 1. The highest BCUT2D eigenvalue weighted by molar-refractivity contribution is 5.79. The molecule has 5 nitrogen and oxygen atoms in total. The summed E-state index contributed by atoms with van der Waals surface area (Å²) in [6, 6.07) is 8.71. The molecule has 3 rings (SSSR count). The van der Waals surface area contributed by atoms with E-state index in [0.29, 0.717) is 6.04 Å². The van der Waals surface area contributed by atoms with E-state index in [0.717, 1.165) is 50.4 Å². The van der Waals surface area contributed by atoms with Gasteiger partial charge >= 0.3 is 0 Å². The fourth-order valence-corrected chi connectivity index (χ4v) is 3.85. The van der Waals surface area contributed by atoms with E-state index in [2.05, 4.69) is 41.5 Å². The van der Waals surface area contributed by atoms with Gasteiger partial charge in [0.2, 0.25) is 5.91 Å². The summed E-state index contributed by atoms with van der Waals surface area (Å²) in [7, 11) is 1.90. The largest absolute Gasteiger partial charge is 0.346 e. The second-order valence-corrected chi connectivity index (χ2v) is 7.41. The van der Waals surface area contributed by atoms with E-state index in [-0.39, 0.29) is 11.8 Å². The average molecular weight is 342 g/mol. The average Bonchev–Trinajstić information content (AvgIpc) is 2.98. The highest BCUT2D eigenvalue weighted by Crippen LogP contribution is 2.24. The number of hydrogen-bond donors (Lipinski definition) is 0. The van der Waals surface area contributed by atoms with Crippen LogP contribution in [0.25, 0.3) is 11.0 Å². The van der Waals surface area contributed by atoms with Gasteiger partial charge in [-0.3, -0.25) is 9.69 Å². The van der Waals surface area contributed by atoms with Crippen molar-refractivity contribution in [1.29, 1.82) is 0 Å². The van der Waals surface area contributed by atoms with Crippen molar-refractivity contribution < 1.29 is 4.79 Å². The number of carbonyl (C=O) groups is 1. The summed E-state index contributed by atoms with van der Waals surface area (Å²) in [4.78, 5) is 21.6. The summed E-state index contributed by atoms with van der Waals surface area (Å²) in [6.45, 7) is 9.91. The van der Waals surface area contributed by atoms with Gasteiger partial charge < -0.3 is 9.47 Å². The first-order valence-corrected chi connectivity index (χ1v) is 9.44. The Kier molecular flexibility index (Phi) is 5.42. The minimum atomic E-state index is 0.121. The zero-order valence-electron chi connectivity index (χ0n) is 15.9. The number of nitrogens with zero attached hydrogens (tertiary/aromatic N) is 4. The number of benzene rings is 1. The lowest BCUT2D eigenvalue weighted by Crippen LogP contribution is -2.43. The van der Waals surface area contributed by atoms with Gasteiger partial charge in [0.15, 0.2) is 0 Å². The van der Waals surface area contributed by atoms with Crippen LogP contribution in [0.3, 0.4) is 0 Å². The predicted molar refractivity (Wildman–Crippen MR) is 101 cm³/mol. The van der Waals surface area contributed by atoms with Crippen molar-refractivity contribution in [2.24, 2.45) is 5.92 Å². The van der Waals surface area contributed by atoms with Crippen molar-refractivity contribution in [3.8, 4) is 0 Å². The summed E-state index contributed by atoms with van der Waals surface area (Å²) in [5.74, 6) is 1.51. The molecule has 0 bridgehead atoms. The van der Waals surface area contributed by atoms with E-state index in [4.69, 9.17) is 4.98 Å². The molecule has 1 saturated heterocycles. The number of fused-ring (bicyclic) bond motifs is 1. The number of hydrogen-bond acceptors (Lipinski definition) is 3. The van der Waals surface area contributed by atoms with Crippen molar-refractivity contribution >= 4 is 16.9 Å².